The third-order valence-corrected chi connectivity index (χ3v) is 3.50. The van der Waals surface area contributed by atoms with Crippen molar-refractivity contribution in [3.8, 4) is 0 Å². The maximum Gasteiger partial charge on any atom is 0.151 e. The second kappa shape index (κ2) is 7.74. The third kappa shape index (κ3) is 4.53. The van der Waals surface area contributed by atoms with Gasteiger partial charge in [0.2, 0.25) is 0 Å². The molecule has 0 bridgehead atoms. The molecule has 4 heteroatoms. The molecule has 0 saturated carbocycles. The van der Waals surface area contributed by atoms with Crippen molar-refractivity contribution in [3.63, 3.8) is 0 Å². The molecule has 112 valence electrons. The molecule has 0 fully saturated rings. The van der Waals surface area contributed by atoms with Crippen LogP contribution in [0.1, 0.15) is 30.2 Å². The van der Waals surface area contributed by atoms with Crippen LogP contribution in [0.5, 0.6) is 0 Å². The van der Waals surface area contributed by atoms with Crippen LogP contribution in [0.3, 0.4) is 0 Å². The van der Waals surface area contributed by atoms with Gasteiger partial charge in [-0.15, -0.1) is 5.10 Å². The van der Waals surface area contributed by atoms with Gasteiger partial charge in [-0.2, -0.15) is 5.10 Å². The molecule has 0 aliphatic carbocycles. The molecule has 1 heterocycles. The van der Waals surface area contributed by atoms with Crippen LogP contribution in [0, 0.1) is 6.92 Å². The van der Waals surface area contributed by atoms with Gasteiger partial charge in [0.05, 0.1) is 5.69 Å². The van der Waals surface area contributed by atoms with Gasteiger partial charge in [-0.1, -0.05) is 31.2 Å². The Kier molecular flexibility index (Phi) is 5.69. The lowest BCUT2D eigenvalue weighted by Gasteiger charge is -2.19. The highest BCUT2D eigenvalue weighted by Gasteiger charge is 2.06. The average Bonchev–Trinajstić information content (AvgIpc) is 2.50. The van der Waals surface area contributed by atoms with E-state index in [1.54, 1.807) is 0 Å². The minimum Gasteiger partial charge on any atom is -0.354 e. The molecule has 0 unspecified atom stereocenters. The van der Waals surface area contributed by atoms with E-state index in [0.717, 1.165) is 37.6 Å². The van der Waals surface area contributed by atoms with Crippen LogP contribution in [0.25, 0.3) is 0 Å². The van der Waals surface area contributed by atoms with Crippen LogP contribution in [0.15, 0.2) is 36.4 Å². The van der Waals surface area contributed by atoms with Crippen molar-refractivity contribution in [1.29, 1.82) is 0 Å². The van der Waals surface area contributed by atoms with Crippen molar-refractivity contribution in [3.05, 3.63) is 53.2 Å². The lowest BCUT2D eigenvalue weighted by atomic mass is 10.1. The summed E-state index contributed by atoms with van der Waals surface area (Å²) >= 11 is 0. The van der Waals surface area contributed by atoms with Crippen molar-refractivity contribution in [2.24, 2.45) is 0 Å². The van der Waals surface area contributed by atoms with Crippen molar-refractivity contribution >= 4 is 5.82 Å². The topological polar surface area (TPSA) is 41.0 Å². The van der Waals surface area contributed by atoms with E-state index in [1.165, 1.54) is 11.1 Å². The fourth-order valence-electron chi connectivity index (χ4n) is 2.17. The molecule has 2 rings (SSSR count). The van der Waals surface area contributed by atoms with Gasteiger partial charge in [-0.3, -0.25) is 0 Å². The maximum atomic E-state index is 4.32. The van der Waals surface area contributed by atoms with Gasteiger partial charge in [0, 0.05) is 20.1 Å². The summed E-state index contributed by atoms with van der Waals surface area (Å²) in [5.41, 5.74) is 3.60. The average molecular weight is 284 g/mol. The van der Waals surface area contributed by atoms with E-state index in [0.29, 0.717) is 0 Å². The zero-order valence-electron chi connectivity index (χ0n) is 13.1. The minimum atomic E-state index is 0.780. The zero-order chi connectivity index (χ0) is 15.1. The fraction of sp³-hybridized carbons (Fsp3) is 0.412. The van der Waals surface area contributed by atoms with E-state index < -0.39 is 0 Å². The number of anilines is 1. The third-order valence-electron chi connectivity index (χ3n) is 3.50. The van der Waals surface area contributed by atoms with Crippen LogP contribution >= 0.6 is 0 Å². The largest absolute Gasteiger partial charge is 0.354 e. The Morgan fingerprint density at radius 1 is 1.10 bits per heavy atom. The van der Waals surface area contributed by atoms with Gasteiger partial charge >= 0.3 is 0 Å². The van der Waals surface area contributed by atoms with Crippen molar-refractivity contribution in [2.45, 2.75) is 33.4 Å². The maximum absolute atomic E-state index is 4.32. The molecule has 0 amide bonds. The molecular weight excluding hydrogens is 260 g/mol. The molecule has 0 aliphatic rings. The monoisotopic (exact) mass is 284 g/mol. The summed E-state index contributed by atoms with van der Waals surface area (Å²) in [5.74, 6) is 0.900. The quantitative estimate of drug-likeness (QED) is 0.794. The minimum absolute atomic E-state index is 0.780. The van der Waals surface area contributed by atoms with Gasteiger partial charge in [-0.05, 0) is 43.1 Å². The van der Waals surface area contributed by atoms with Crippen molar-refractivity contribution in [2.75, 3.05) is 18.5 Å². The van der Waals surface area contributed by atoms with E-state index in [4.69, 9.17) is 0 Å². The predicted molar refractivity (Wildman–Crippen MR) is 87.3 cm³/mol. The van der Waals surface area contributed by atoms with Gasteiger partial charge in [0.15, 0.2) is 5.82 Å². The standard InChI is InChI=1S/C17H24N4/c1-4-11-18-12-16-9-10-17(20-19-16)21(3)13-15-8-6-5-7-14(15)2/h5-10,18H,4,11-13H2,1-3H3. The number of rotatable bonds is 7. The number of aromatic nitrogens is 2. The van der Waals surface area contributed by atoms with Crippen LogP contribution < -0.4 is 10.2 Å². The van der Waals surface area contributed by atoms with E-state index >= 15 is 0 Å². The van der Waals surface area contributed by atoms with Gasteiger partial charge in [0.25, 0.3) is 0 Å². The molecule has 0 atom stereocenters. The first kappa shape index (κ1) is 15.4. The second-order valence-electron chi connectivity index (χ2n) is 5.34. The summed E-state index contributed by atoms with van der Waals surface area (Å²) in [4.78, 5) is 2.12. The molecule has 1 aromatic heterocycles. The molecule has 4 nitrogen and oxygen atoms in total. The summed E-state index contributed by atoms with van der Waals surface area (Å²) in [6.45, 7) is 6.92. The van der Waals surface area contributed by atoms with E-state index in [1.807, 2.05) is 19.2 Å². The molecule has 1 aromatic carbocycles. The Bertz CT molecular complexity index is 551. The molecule has 21 heavy (non-hydrogen) atoms. The van der Waals surface area contributed by atoms with Crippen LogP contribution in [-0.2, 0) is 13.1 Å². The molecule has 1 N–H and O–H groups in total. The van der Waals surface area contributed by atoms with E-state index in [9.17, 15) is 0 Å². The lowest BCUT2D eigenvalue weighted by Crippen LogP contribution is -2.20. The molecule has 2 aromatic rings. The first-order chi connectivity index (χ1) is 10.2. The van der Waals surface area contributed by atoms with Crippen LogP contribution in [0.2, 0.25) is 0 Å². The van der Waals surface area contributed by atoms with Crippen LogP contribution in [-0.4, -0.2) is 23.8 Å². The van der Waals surface area contributed by atoms with Crippen molar-refractivity contribution < 1.29 is 0 Å². The molecule has 0 spiro atoms. The summed E-state index contributed by atoms with van der Waals surface area (Å²) in [5, 5.41) is 11.9. The Balaban J connectivity index is 1.96. The molecule has 0 saturated heterocycles. The number of nitrogens with one attached hydrogen (secondary N) is 1. The van der Waals surface area contributed by atoms with E-state index in [2.05, 4.69) is 58.5 Å². The normalized spacial score (nSPS) is 10.6. The Labute approximate surface area is 127 Å². The Hall–Kier alpha value is -1.94. The van der Waals surface area contributed by atoms with Crippen LogP contribution in [0.4, 0.5) is 5.82 Å². The highest BCUT2D eigenvalue weighted by atomic mass is 15.2. The summed E-state index contributed by atoms with van der Waals surface area (Å²) < 4.78 is 0. The summed E-state index contributed by atoms with van der Waals surface area (Å²) in [6.07, 6.45) is 1.13. The Morgan fingerprint density at radius 3 is 2.57 bits per heavy atom. The Morgan fingerprint density at radius 2 is 1.90 bits per heavy atom. The summed E-state index contributed by atoms with van der Waals surface area (Å²) in [7, 11) is 2.05. The van der Waals surface area contributed by atoms with Gasteiger partial charge in [-0.25, -0.2) is 0 Å². The van der Waals surface area contributed by atoms with Gasteiger partial charge in [0.1, 0.15) is 0 Å². The second-order valence-corrected chi connectivity index (χ2v) is 5.34. The fourth-order valence-corrected chi connectivity index (χ4v) is 2.17. The number of nitrogens with zero attached hydrogens (tertiary/aromatic N) is 3. The highest BCUT2D eigenvalue weighted by Crippen LogP contribution is 2.14. The van der Waals surface area contributed by atoms with Crippen molar-refractivity contribution in [1.82, 2.24) is 15.5 Å². The van der Waals surface area contributed by atoms with Gasteiger partial charge < -0.3 is 10.2 Å². The molecule has 0 radical (unpaired) electrons. The molecule has 0 aliphatic heterocycles. The SMILES string of the molecule is CCCNCc1ccc(N(C)Cc2ccccc2C)nn1. The first-order valence-electron chi connectivity index (χ1n) is 7.49. The smallest absolute Gasteiger partial charge is 0.151 e. The predicted octanol–water partition coefficient (Wildman–Crippen LogP) is 2.92. The number of hydrogen-bond donors (Lipinski definition) is 1. The lowest BCUT2D eigenvalue weighted by molar-refractivity contribution is 0.656. The summed E-state index contributed by atoms with van der Waals surface area (Å²) in [6, 6.07) is 12.5. The molecular formula is C17H24N4. The highest BCUT2D eigenvalue weighted by molar-refractivity contribution is 5.39. The number of aryl methyl sites for hydroxylation is 1. The number of benzene rings is 1. The first-order valence-corrected chi connectivity index (χ1v) is 7.49. The number of hydrogen-bond acceptors (Lipinski definition) is 4. The zero-order valence-corrected chi connectivity index (χ0v) is 13.1. The van der Waals surface area contributed by atoms with E-state index in [-0.39, 0.29) is 0 Å².